The second kappa shape index (κ2) is 7.88. The minimum Gasteiger partial charge on any atom is -0.385 e. The van der Waals surface area contributed by atoms with Crippen molar-refractivity contribution < 1.29 is 9.53 Å². The van der Waals surface area contributed by atoms with Gasteiger partial charge in [0.2, 0.25) is 5.91 Å². The van der Waals surface area contributed by atoms with Crippen molar-refractivity contribution in [2.45, 2.75) is 12.8 Å². The van der Waals surface area contributed by atoms with Gasteiger partial charge in [-0.05, 0) is 12.8 Å². The molecule has 3 nitrogen and oxygen atoms in total. The van der Waals surface area contributed by atoms with Crippen LogP contribution in [0.1, 0.15) is 12.8 Å². The largest absolute Gasteiger partial charge is 0.385 e. The Morgan fingerprint density at radius 2 is 2.27 bits per heavy atom. The van der Waals surface area contributed by atoms with Crippen molar-refractivity contribution in [2.75, 3.05) is 26.0 Å². The number of methoxy groups -OCH3 is 1. The van der Waals surface area contributed by atoms with Crippen LogP contribution >= 0.6 is 12.6 Å². The lowest BCUT2D eigenvalue weighted by atomic mass is 10.3. The maximum atomic E-state index is 10.6. The number of hydrogen-bond acceptors (Lipinski definition) is 3. The third-order valence-electron chi connectivity index (χ3n) is 1.24. The average Bonchev–Trinajstić information content (AvgIpc) is 2.04. The monoisotopic (exact) mass is 177 g/mol. The van der Waals surface area contributed by atoms with Crippen molar-refractivity contribution in [3.8, 4) is 0 Å². The van der Waals surface area contributed by atoms with E-state index in [9.17, 15) is 4.79 Å². The molecule has 0 bridgehead atoms. The van der Waals surface area contributed by atoms with Crippen LogP contribution in [0.5, 0.6) is 0 Å². The van der Waals surface area contributed by atoms with Gasteiger partial charge in [0.25, 0.3) is 0 Å². The van der Waals surface area contributed by atoms with Crippen molar-refractivity contribution >= 4 is 18.5 Å². The molecule has 0 unspecified atom stereocenters. The molecule has 1 N–H and O–H groups in total. The molecule has 0 radical (unpaired) electrons. The summed E-state index contributed by atoms with van der Waals surface area (Å²) in [5.74, 6) is 0.260. The van der Waals surface area contributed by atoms with Gasteiger partial charge in [-0.25, -0.2) is 0 Å². The van der Waals surface area contributed by atoms with Crippen LogP contribution in [0.4, 0.5) is 0 Å². The molecule has 0 saturated heterocycles. The second-order valence-corrected chi connectivity index (χ2v) is 2.52. The van der Waals surface area contributed by atoms with Crippen LogP contribution < -0.4 is 5.32 Å². The van der Waals surface area contributed by atoms with Crippen LogP contribution in [0.3, 0.4) is 0 Å². The molecule has 11 heavy (non-hydrogen) atoms. The first kappa shape index (κ1) is 10.8. The van der Waals surface area contributed by atoms with E-state index in [2.05, 4.69) is 17.9 Å². The summed E-state index contributed by atoms with van der Waals surface area (Å²) >= 11 is 3.82. The van der Waals surface area contributed by atoms with E-state index in [-0.39, 0.29) is 11.7 Å². The fraction of sp³-hybridized carbons (Fsp3) is 0.857. The summed E-state index contributed by atoms with van der Waals surface area (Å²) < 4.78 is 4.85. The first-order chi connectivity index (χ1) is 5.31. The van der Waals surface area contributed by atoms with Gasteiger partial charge in [0.15, 0.2) is 0 Å². The molecule has 0 aliphatic rings. The highest BCUT2D eigenvalue weighted by Gasteiger charge is 1.94. The molecule has 0 fully saturated rings. The molecule has 0 aromatic carbocycles. The maximum Gasteiger partial charge on any atom is 0.229 e. The van der Waals surface area contributed by atoms with Crippen molar-refractivity contribution in [3.05, 3.63) is 0 Å². The Morgan fingerprint density at radius 1 is 1.55 bits per heavy atom. The quantitative estimate of drug-likeness (QED) is 0.457. The van der Waals surface area contributed by atoms with Crippen LogP contribution in [0, 0.1) is 0 Å². The Morgan fingerprint density at radius 3 is 2.82 bits per heavy atom. The molecule has 0 rings (SSSR count). The highest BCUT2D eigenvalue weighted by molar-refractivity contribution is 7.81. The molecule has 0 saturated carbocycles. The van der Waals surface area contributed by atoms with Crippen molar-refractivity contribution in [2.24, 2.45) is 0 Å². The fourth-order valence-corrected chi connectivity index (χ4v) is 0.767. The van der Waals surface area contributed by atoms with E-state index in [1.807, 2.05) is 0 Å². The summed E-state index contributed by atoms with van der Waals surface area (Å²) in [5, 5.41) is 2.72. The number of amides is 1. The van der Waals surface area contributed by atoms with Crippen LogP contribution in [-0.4, -0.2) is 31.9 Å². The lowest BCUT2D eigenvalue weighted by Gasteiger charge is -2.01. The van der Waals surface area contributed by atoms with E-state index in [0.717, 1.165) is 26.0 Å². The lowest BCUT2D eigenvalue weighted by molar-refractivity contribution is -0.118. The third kappa shape index (κ3) is 7.68. The van der Waals surface area contributed by atoms with Crippen LogP contribution in [0.15, 0.2) is 0 Å². The van der Waals surface area contributed by atoms with Gasteiger partial charge in [0, 0.05) is 20.3 Å². The Hall–Kier alpha value is -0.220. The Kier molecular flexibility index (Phi) is 7.72. The smallest absolute Gasteiger partial charge is 0.229 e. The number of unbranched alkanes of at least 4 members (excludes halogenated alkanes) is 1. The zero-order valence-corrected chi connectivity index (χ0v) is 7.69. The highest BCUT2D eigenvalue weighted by Crippen LogP contribution is 1.86. The lowest BCUT2D eigenvalue weighted by Crippen LogP contribution is -2.25. The van der Waals surface area contributed by atoms with Crippen molar-refractivity contribution in [1.82, 2.24) is 5.32 Å². The molecule has 0 spiro atoms. The predicted octanol–water partition coefficient (Wildman–Crippen LogP) is 0.459. The average molecular weight is 177 g/mol. The number of nitrogens with one attached hydrogen (secondary N) is 1. The highest BCUT2D eigenvalue weighted by atomic mass is 32.1. The zero-order chi connectivity index (χ0) is 8.53. The third-order valence-corrected chi connectivity index (χ3v) is 1.53. The fourth-order valence-electron chi connectivity index (χ4n) is 0.655. The summed E-state index contributed by atoms with van der Waals surface area (Å²) in [4.78, 5) is 10.6. The van der Waals surface area contributed by atoms with Gasteiger partial charge in [-0.1, -0.05) is 0 Å². The molecule has 0 aliphatic carbocycles. The maximum absolute atomic E-state index is 10.6. The van der Waals surface area contributed by atoms with Gasteiger partial charge in [0.1, 0.15) is 0 Å². The minimum absolute atomic E-state index is 0.00856. The number of carbonyl (C=O) groups excluding carboxylic acids is 1. The normalized spacial score (nSPS) is 9.64. The number of hydrogen-bond donors (Lipinski definition) is 2. The Balaban J connectivity index is 2.95. The van der Waals surface area contributed by atoms with E-state index < -0.39 is 0 Å². The standard InChI is InChI=1S/C7H15NO2S/c1-10-5-3-2-4-8-7(9)6-11/h11H,2-6H2,1H3,(H,8,9). The summed E-state index contributed by atoms with van der Waals surface area (Å²) in [6.45, 7) is 1.49. The van der Waals surface area contributed by atoms with Gasteiger partial charge in [-0.2, -0.15) is 12.6 Å². The summed E-state index contributed by atoms with van der Waals surface area (Å²) in [5.41, 5.74) is 0. The minimum atomic E-state index is -0.00856. The zero-order valence-electron chi connectivity index (χ0n) is 6.80. The summed E-state index contributed by atoms with van der Waals surface area (Å²) in [6.07, 6.45) is 1.96. The number of carbonyl (C=O) groups is 1. The van der Waals surface area contributed by atoms with Gasteiger partial charge < -0.3 is 10.1 Å². The first-order valence-corrected chi connectivity index (χ1v) is 4.31. The van der Waals surface area contributed by atoms with Gasteiger partial charge in [-0.3, -0.25) is 4.79 Å². The van der Waals surface area contributed by atoms with Crippen LogP contribution in [-0.2, 0) is 9.53 Å². The van der Waals surface area contributed by atoms with E-state index >= 15 is 0 Å². The molecule has 0 heterocycles. The van der Waals surface area contributed by atoms with Crippen LogP contribution in [0.25, 0.3) is 0 Å². The molecule has 0 aromatic heterocycles. The SMILES string of the molecule is COCCCCNC(=O)CS. The number of ether oxygens (including phenoxy) is 1. The summed E-state index contributed by atoms with van der Waals surface area (Å²) in [6, 6.07) is 0. The van der Waals surface area contributed by atoms with Gasteiger partial charge >= 0.3 is 0 Å². The summed E-state index contributed by atoms with van der Waals surface area (Å²) in [7, 11) is 1.67. The molecular weight excluding hydrogens is 162 g/mol. The molecule has 1 amide bonds. The first-order valence-electron chi connectivity index (χ1n) is 3.67. The van der Waals surface area contributed by atoms with Crippen LogP contribution in [0.2, 0.25) is 0 Å². The van der Waals surface area contributed by atoms with Crippen molar-refractivity contribution in [1.29, 1.82) is 0 Å². The molecular formula is C7H15NO2S. The molecule has 0 aromatic rings. The van der Waals surface area contributed by atoms with Gasteiger partial charge in [0.05, 0.1) is 5.75 Å². The van der Waals surface area contributed by atoms with E-state index in [4.69, 9.17) is 4.74 Å². The van der Waals surface area contributed by atoms with E-state index in [1.54, 1.807) is 7.11 Å². The second-order valence-electron chi connectivity index (χ2n) is 2.21. The molecule has 66 valence electrons. The van der Waals surface area contributed by atoms with E-state index in [1.165, 1.54) is 0 Å². The molecule has 0 atom stereocenters. The topological polar surface area (TPSA) is 38.3 Å². The number of thiol groups is 1. The van der Waals surface area contributed by atoms with E-state index in [0.29, 0.717) is 0 Å². The molecule has 0 aliphatic heterocycles. The predicted molar refractivity (Wildman–Crippen MR) is 48.0 cm³/mol. The van der Waals surface area contributed by atoms with Gasteiger partial charge in [-0.15, -0.1) is 0 Å². The Labute approximate surface area is 72.9 Å². The van der Waals surface area contributed by atoms with Crippen molar-refractivity contribution in [3.63, 3.8) is 0 Å². The molecule has 4 heteroatoms. The number of rotatable bonds is 6. The Bertz CT molecular complexity index is 109.